The van der Waals surface area contributed by atoms with Crippen LogP contribution in [0.15, 0.2) is 72.9 Å². The van der Waals surface area contributed by atoms with Crippen LogP contribution in [-0.4, -0.2) is 36.4 Å². The van der Waals surface area contributed by atoms with Gasteiger partial charge in [0.05, 0.1) is 6.61 Å². The van der Waals surface area contributed by atoms with Gasteiger partial charge in [0.1, 0.15) is 6.61 Å². The quantitative estimate of drug-likeness (QED) is 0.0376. The molecule has 1 atom stereocenters. The van der Waals surface area contributed by atoms with Crippen LogP contribution >= 0.6 is 0 Å². The van der Waals surface area contributed by atoms with Gasteiger partial charge in [0.2, 0.25) is 0 Å². The van der Waals surface area contributed by atoms with E-state index < -0.39 is 6.10 Å². The Hall–Kier alpha value is -2.66. The molecular weight excluding hydrogens is 741 g/mol. The Balaban J connectivity index is 3.49. The van der Waals surface area contributed by atoms with Gasteiger partial charge in [-0.1, -0.05) is 222 Å². The van der Waals surface area contributed by atoms with E-state index in [0.717, 1.165) is 77.0 Å². The lowest BCUT2D eigenvalue weighted by Crippen LogP contribution is -2.28. The monoisotopic (exact) mass is 837 g/mol. The highest BCUT2D eigenvalue weighted by Crippen LogP contribution is 2.15. The molecule has 0 aromatic carbocycles. The molecule has 0 bridgehead atoms. The van der Waals surface area contributed by atoms with E-state index in [0.29, 0.717) is 12.8 Å². The SMILES string of the molecule is CC/C=C\C/C=C\C/C=C\C/C=C\C/C=C\CCCCCCCCCCCCCCCCCC(=O)OC(CO)COC(=O)CCCCCCC/C=C\CCCCCCCC. The van der Waals surface area contributed by atoms with Crippen molar-refractivity contribution in [2.45, 2.75) is 251 Å². The van der Waals surface area contributed by atoms with Crippen LogP contribution in [0.1, 0.15) is 245 Å². The topological polar surface area (TPSA) is 72.8 Å². The van der Waals surface area contributed by atoms with Crippen LogP contribution in [0.2, 0.25) is 0 Å². The van der Waals surface area contributed by atoms with E-state index in [2.05, 4.69) is 86.8 Å². The first-order valence-corrected chi connectivity index (χ1v) is 25.5. The number of hydrogen-bond acceptors (Lipinski definition) is 5. The second-order valence-corrected chi connectivity index (χ2v) is 16.9. The average Bonchev–Trinajstić information content (AvgIpc) is 3.25. The smallest absolute Gasteiger partial charge is 0.306 e. The molecule has 5 heteroatoms. The van der Waals surface area contributed by atoms with E-state index in [4.69, 9.17) is 9.47 Å². The van der Waals surface area contributed by atoms with Crippen LogP contribution in [0, 0.1) is 0 Å². The van der Waals surface area contributed by atoms with Crippen molar-refractivity contribution in [2.75, 3.05) is 13.2 Å². The Labute approximate surface area is 372 Å². The zero-order valence-electron chi connectivity index (χ0n) is 39.5. The summed E-state index contributed by atoms with van der Waals surface area (Å²) >= 11 is 0. The molecule has 5 nitrogen and oxygen atoms in total. The molecular formula is C55H96O5. The van der Waals surface area contributed by atoms with Gasteiger partial charge in [-0.05, 0) is 83.5 Å². The molecule has 1 N–H and O–H groups in total. The Morgan fingerprint density at radius 2 is 0.717 bits per heavy atom. The number of carbonyl (C=O) groups excluding carboxylic acids is 2. The van der Waals surface area contributed by atoms with Crippen molar-refractivity contribution in [3.05, 3.63) is 72.9 Å². The predicted molar refractivity (Wildman–Crippen MR) is 260 cm³/mol. The number of aliphatic hydroxyl groups is 1. The number of aliphatic hydroxyl groups excluding tert-OH is 1. The fourth-order valence-corrected chi connectivity index (χ4v) is 7.17. The molecule has 0 aromatic heterocycles. The highest BCUT2D eigenvalue weighted by atomic mass is 16.6. The molecule has 0 saturated carbocycles. The molecule has 60 heavy (non-hydrogen) atoms. The lowest BCUT2D eigenvalue weighted by molar-refractivity contribution is -0.161. The van der Waals surface area contributed by atoms with Gasteiger partial charge in [0.15, 0.2) is 6.10 Å². The van der Waals surface area contributed by atoms with Crippen molar-refractivity contribution in [1.82, 2.24) is 0 Å². The molecule has 0 spiro atoms. The van der Waals surface area contributed by atoms with Gasteiger partial charge >= 0.3 is 11.9 Å². The van der Waals surface area contributed by atoms with E-state index in [1.54, 1.807) is 0 Å². The van der Waals surface area contributed by atoms with Crippen LogP contribution < -0.4 is 0 Å². The van der Waals surface area contributed by atoms with Crippen LogP contribution in [0.25, 0.3) is 0 Å². The summed E-state index contributed by atoms with van der Waals surface area (Å²) in [7, 11) is 0. The molecule has 346 valence electrons. The summed E-state index contributed by atoms with van der Waals surface area (Å²) in [5, 5.41) is 9.61. The third-order valence-corrected chi connectivity index (χ3v) is 11.0. The third-order valence-electron chi connectivity index (χ3n) is 11.0. The van der Waals surface area contributed by atoms with Gasteiger partial charge in [0, 0.05) is 12.8 Å². The summed E-state index contributed by atoms with van der Waals surface area (Å²) in [6.07, 6.45) is 68.6. The summed E-state index contributed by atoms with van der Waals surface area (Å²) in [6.45, 7) is 4.02. The third kappa shape index (κ3) is 48.0. The van der Waals surface area contributed by atoms with Crippen LogP contribution in [0.4, 0.5) is 0 Å². The molecule has 0 rings (SSSR count). The van der Waals surface area contributed by atoms with Gasteiger partial charge in [0.25, 0.3) is 0 Å². The number of ether oxygens (including phenoxy) is 2. The highest BCUT2D eigenvalue weighted by Gasteiger charge is 2.16. The van der Waals surface area contributed by atoms with Gasteiger partial charge in [-0.25, -0.2) is 0 Å². The number of unbranched alkanes of at least 4 members (excludes halogenated alkanes) is 26. The average molecular weight is 837 g/mol. The molecule has 0 aliphatic rings. The lowest BCUT2D eigenvalue weighted by atomic mass is 10.0. The van der Waals surface area contributed by atoms with E-state index in [-0.39, 0.29) is 25.2 Å². The van der Waals surface area contributed by atoms with Crippen molar-refractivity contribution < 1.29 is 24.2 Å². The molecule has 0 saturated heterocycles. The summed E-state index contributed by atoms with van der Waals surface area (Å²) < 4.78 is 10.7. The molecule has 0 amide bonds. The fraction of sp³-hybridized carbons (Fsp3) is 0.745. The van der Waals surface area contributed by atoms with Crippen LogP contribution in [0.5, 0.6) is 0 Å². The first-order valence-electron chi connectivity index (χ1n) is 25.5. The zero-order chi connectivity index (χ0) is 43.5. The van der Waals surface area contributed by atoms with Gasteiger partial charge < -0.3 is 14.6 Å². The number of esters is 2. The van der Waals surface area contributed by atoms with Crippen molar-refractivity contribution in [3.63, 3.8) is 0 Å². The normalized spacial score (nSPS) is 12.8. The summed E-state index contributed by atoms with van der Waals surface area (Å²) in [4.78, 5) is 24.4. The number of carbonyl (C=O) groups is 2. The second-order valence-electron chi connectivity index (χ2n) is 16.9. The summed E-state index contributed by atoms with van der Waals surface area (Å²) in [5.74, 6) is -0.596. The Morgan fingerprint density at radius 3 is 1.10 bits per heavy atom. The van der Waals surface area contributed by atoms with Crippen molar-refractivity contribution in [2.24, 2.45) is 0 Å². The van der Waals surface area contributed by atoms with E-state index >= 15 is 0 Å². The first kappa shape index (κ1) is 57.3. The minimum absolute atomic E-state index is 0.0703. The second kappa shape index (κ2) is 50.7. The molecule has 0 aliphatic heterocycles. The molecule has 0 radical (unpaired) electrons. The maximum atomic E-state index is 12.3. The molecule has 1 unspecified atom stereocenters. The minimum Gasteiger partial charge on any atom is -0.462 e. The van der Waals surface area contributed by atoms with E-state index in [1.165, 1.54) is 141 Å². The maximum Gasteiger partial charge on any atom is 0.306 e. The maximum absolute atomic E-state index is 12.3. The summed E-state index contributed by atoms with van der Waals surface area (Å²) in [6, 6.07) is 0. The number of allylic oxidation sites excluding steroid dienone is 12. The molecule has 0 heterocycles. The van der Waals surface area contributed by atoms with Gasteiger partial charge in [-0.3, -0.25) is 9.59 Å². The predicted octanol–water partition coefficient (Wildman–Crippen LogP) is 16.9. The minimum atomic E-state index is -0.777. The van der Waals surface area contributed by atoms with Gasteiger partial charge in [-0.2, -0.15) is 0 Å². The summed E-state index contributed by atoms with van der Waals surface area (Å²) in [5.41, 5.74) is 0. The number of rotatable bonds is 46. The molecule has 0 aliphatic carbocycles. The molecule has 0 fully saturated rings. The Morgan fingerprint density at radius 1 is 0.400 bits per heavy atom. The van der Waals surface area contributed by atoms with Crippen LogP contribution in [0.3, 0.4) is 0 Å². The standard InChI is InChI=1S/C55H96O5/c1-3-5-7-9-11-13-15-17-19-20-21-22-23-24-25-26-27-28-29-30-31-32-33-34-36-38-40-42-44-46-48-50-55(58)60-53(51-56)52-59-54(57)49-47-45-43-41-39-37-35-18-16-14-12-10-8-6-4-2/h5,7,11,13,17-19,21-22,24-25,35,53,56H,3-4,6,8-10,12,14-16,20,23,26-34,36-52H2,1-2H3/b7-5-,13-11-,19-17-,22-21-,25-24-,35-18-. The lowest BCUT2D eigenvalue weighted by Gasteiger charge is -2.15. The Kier molecular flexibility index (Phi) is 48.4. The first-order chi connectivity index (χ1) is 29.6. The number of hydrogen-bond donors (Lipinski definition) is 1. The Bertz CT molecular complexity index is 1080. The van der Waals surface area contributed by atoms with E-state index in [9.17, 15) is 14.7 Å². The van der Waals surface area contributed by atoms with Crippen molar-refractivity contribution >= 4 is 11.9 Å². The fourth-order valence-electron chi connectivity index (χ4n) is 7.17. The zero-order valence-corrected chi connectivity index (χ0v) is 39.5. The van der Waals surface area contributed by atoms with Gasteiger partial charge in [-0.15, -0.1) is 0 Å². The highest BCUT2D eigenvalue weighted by molar-refractivity contribution is 5.70. The van der Waals surface area contributed by atoms with Crippen molar-refractivity contribution in [3.8, 4) is 0 Å². The van der Waals surface area contributed by atoms with Crippen LogP contribution in [-0.2, 0) is 19.1 Å². The largest absolute Gasteiger partial charge is 0.462 e. The molecule has 0 aromatic rings. The van der Waals surface area contributed by atoms with E-state index in [1.807, 2.05) is 0 Å². The van der Waals surface area contributed by atoms with Crippen molar-refractivity contribution in [1.29, 1.82) is 0 Å².